The van der Waals surface area contributed by atoms with Crippen LogP contribution < -0.4 is 16.4 Å². The summed E-state index contributed by atoms with van der Waals surface area (Å²) < 4.78 is 0. The molecule has 1 amide bonds. The Hall–Kier alpha value is -1.47. The molecule has 0 fully saturated rings. The maximum Gasteiger partial charge on any atom is 0.252 e. The van der Waals surface area contributed by atoms with Crippen LogP contribution >= 0.6 is 11.6 Å². The molecule has 1 aliphatic rings. The molecule has 0 aliphatic heterocycles. The molecule has 0 bridgehead atoms. The Kier molecular flexibility index (Phi) is 6.33. The first-order chi connectivity index (χ1) is 10.6. The zero-order valence-electron chi connectivity index (χ0n) is 12.3. The maximum atomic E-state index is 12.2. The van der Waals surface area contributed by atoms with Crippen LogP contribution in [0.2, 0.25) is 5.02 Å². The molecule has 2 unspecified atom stereocenters. The van der Waals surface area contributed by atoms with Gasteiger partial charge in [-0.25, -0.2) is 4.98 Å². The number of amides is 1. The van der Waals surface area contributed by atoms with E-state index >= 15 is 0 Å². The lowest BCUT2D eigenvalue weighted by Crippen LogP contribution is -2.47. The number of rotatable bonds is 6. The molecule has 120 valence electrons. The highest BCUT2D eigenvalue weighted by molar-refractivity contribution is 6.30. The fraction of sp³-hybridized carbons (Fsp3) is 0.467. The van der Waals surface area contributed by atoms with Gasteiger partial charge in [0.15, 0.2) is 0 Å². The number of hydrogen-bond donors (Lipinski definition) is 4. The highest BCUT2D eigenvalue weighted by atomic mass is 35.5. The second-order valence-corrected chi connectivity index (χ2v) is 5.70. The van der Waals surface area contributed by atoms with Gasteiger partial charge in [0.05, 0.1) is 0 Å². The zero-order chi connectivity index (χ0) is 15.9. The molecule has 0 spiro atoms. The summed E-state index contributed by atoms with van der Waals surface area (Å²) in [6.07, 6.45) is 5.46. The second kappa shape index (κ2) is 8.24. The van der Waals surface area contributed by atoms with Gasteiger partial charge in [0.1, 0.15) is 5.82 Å². The van der Waals surface area contributed by atoms with Gasteiger partial charge >= 0.3 is 0 Å². The molecule has 5 N–H and O–H groups in total. The third kappa shape index (κ3) is 4.78. The minimum atomic E-state index is -0.222. The van der Waals surface area contributed by atoms with E-state index in [2.05, 4.69) is 15.6 Å². The van der Waals surface area contributed by atoms with Gasteiger partial charge in [-0.1, -0.05) is 17.7 Å². The van der Waals surface area contributed by atoms with Crippen LogP contribution in [-0.4, -0.2) is 41.2 Å². The van der Waals surface area contributed by atoms with Crippen LogP contribution in [-0.2, 0) is 4.79 Å². The summed E-state index contributed by atoms with van der Waals surface area (Å²) in [5.41, 5.74) is 6.75. The van der Waals surface area contributed by atoms with Crippen molar-refractivity contribution in [3.63, 3.8) is 0 Å². The van der Waals surface area contributed by atoms with Gasteiger partial charge in [-0.05, 0) is 37.9 Å². The number of pyridine rings is 1. The molecule has 0 aromatic carbocycles. The first-order valence-corrected chi connectivity index (χ1v) is 7.71. The molecular weight excluding hydrogens is 304 g/mol. The largest absolute Gasteiger partial charge is 0.396 e. The number of nitrogens with two attached hydrogens (primary N) is 1. The first kappa shape index (κ1) is 16.9. The predicted molar refractivity (Wildman–Crippen MR) is 86.7 cm³/mol. The molecule has 1 aromatic heterocycles. The smallest absolute Gasteiger partial charge is 0.252 e. The lowest BCUT2D eigenvalue weighted by Gasteiger charge is -2.28. The van der Waals surface area contributed by atoms with E-state index in [-0.39, 0.29) is 24.6 Å². The lowest BCUT2D eigenvalue weighted by molar-refractivity contribution is -0.113. The van der Waals surface area contributed by atoms with Crippen LogP contribution in [0.15, 0.2) is 30.0 Å². The van der Waals surface area contributed by atoms with Gasteiger partial charge in [-0.15, -0.1) is 0 Å². The second-order valence-electron chi connectivity index (χ2n) is 5.26. The SMILES string of the molecule is NC1C=C(C(=O)Nc2cc(Cl)ccn2)CCC1NCCCO. The number of aromatic nitrogens is 1. The van der Waals surface area contributed by atoms with E-state index in [1.54, 1.807) is 24.4 Å². The van der Waals surface area contributed by atoms with Crippen LogP contribution in [0.3, 0.4) is 0 Å². The molecule has 0 saturated carbocycles. The highest BCUT2D eigenvalue weighted by Crippen LogP contribution is 2.20. The van der Waals surface area contributed by atoms with E-state index in [1.165, 1.54) is 0 Å². The van der Waals surface area contributed by atoms with Crippen LogP contribution in [0.5, 0.6) is 0 Å². The van der Waals surface area contributed by atoms with Crippen molar-refractivity contribution in [1.82, 2.24) is 10.3 Å². The zero-order valence-corrected chi connectivity index (χ0v) is 13.0. The Morgan fingerprint density at radius 1 is 1.55 bits per heavy atom. The average molecular weight is 325 g/mol. The van der Waals surface area contributed by atoms with Gasteiger partial charge in [0.2, 0.25) is 0 Å². The quantitative estimate of drug-likeness (QED) is 0.586. The number of hydrogen-bond acceptors (Lipinski definition) is 5. The van der Waals surface area contributed by atoms with E-state index in [0.717, 1.165) is 13.0 Å². The van der Waals surface area contributed by atoms with Gasteiger partial charge in [-0.3, -0.25) is 4.79 Å². The van der Waals surface area contributed by atoms with Crippen LogP contribution in [0.25, 0.3) is 0 Å². The van der Waals surface area contributed by atoms with Crippen LogP contribution in [0, 0.1) is 0 Å². The van der Waals surface area contributed by atoms with E-state index in [1.807, 2.05) is 0 Å². The maximum absolute atomic E-state index is 12.2. The first-order valence-electron chi connectivity index (χ1n) is 7.33. The number of aliphatic hydroxyl groups excluding tert-OH is 1. The van der Waals surface area contributed by atoms with E-state index in [9.17, 15) is 4.79 Å². The van der Waals surface area contributed by atoms with Gasteiger partial charge in [-0.2, -0.15) is 0 Å². The molecule has 0 radical (unpaired) electrons. The molecule has 2 atom stereocenters. The number of aliphatic hydroxyl groups is 1. The van der Waals surface area contributed by atoms with Crippen LogP contribution in [0.4, 0.5) is 5.82 Å². The van der Waals surface area contributed by atoms with Crippen molar-refractivity contribution in [1.29, 1.82) is 0 Å². The Bertz CT molecular complexity index is 550. The third-order valence-electron chi connectivity index (χ3n) is 3.58. The summed E-state index contributed by atoms with van der Waals surface area (Å²) >= 11 is 5.86. The fourth-order valence-electron chi connectivity index (χ4n) is 2.40. The Morgan fingerprint density at radius 3 is 3.05 bits per heavy atom. The van der Waals surface area contributed by atoms with Crippen molar-refractivity contribution < 1.29 is 9.90 Å². The summed E-state index contributed by atoms with van der Waals surface area (Å²) in [5.74, 6) is 0.231. The van der Waals surface area contributed by atoms with Gasteiger partial charge in [0.25, 0.3) is 5.91 Å². The summed E-state index contributed by atoms with van der Waals surface area (Å²) in [4.78, 5) is 16.3. The summed E-state index contributed by atoms with van der Waals surface area (Å²) in [6.45, 7) is 0.877. The number of carbonyl (C=O) groups is 1. The Labute approximate surface area is 134 Å². The molecule has 1 heterocycles. The monoisotopic (exact) mass is 324 g/mol. The van der Waals surface area contributed by atoms with Gasteiger partial charge < -0.3 is 21.5 Å². The predicted octanol–water partition coefficient (Wildman–Crippen LogP) is 1.06. The average Bonchev–Trinajstić information content (AvgIpc) is 2.49. The van der Waals surface area contributed by atoms with Crippen molar-refractivity contribution in [3.05, 3.63) is 35.0 Å². The minimum Gasteiger partial charge on any atom is -0.396 e. The Balaban J connectivity index is 1.92. The molecular formula is C15H21ClN4O2. The number of anilines is 1. The third-order valence-corrected chi connectivity index (χ3v) is 3.81. The van der Waals surface area contributed by atoms with Crippen LogP contribution in [0.1, 0.15) is 19.3 Å². The molecule has 6 nitrogen and oxygen atoms in total. The van der Waals surface area contributed by atoms with Crippen molar-refractivity contribution >= 4 is 23.3 Å². The summed E-state index contributed by atoms with van der Waals surface area (Å²) in [6, 6.07) is 3.16. The molecule has 7 heteroatoms. The van der Waals surface area contributed by atoms with Crippen molar-refractivity contribution in [2.24, 2.45) is 5.73 Å². The molecule has 2 rings (SSSR count). The number of nitrogens with zero attached hydrogens (tertiary/aromatic N) is 1. The van der Waals surface area contributed by atoms with Crippen molar-refractivity contribution in [3.8, 4) is 0 Å². The van der Waals surface area contributed by atoms with E-state index < -0.39 is 0 Å². The lowest BCUT2D eigenvalue weighted by atomic mass is 9.91. The number of halogens is 1. The number of nitrogens with one attached hydrogen (secondary N) is 2. The minimum absolute atomic E-state index is 0.132. The van der Waals surface area contributed by atoms with E-state index in [4.69, 9.17) is 22.4 Å². The van der Waals surface area contributed by atoms with Crippen molar-refractivity contribution in [2.75, 3.05) is 18.5 Å². The topological polar surface area (TPSA) is 100 Å². The fourth-order valence-corrected chi connectivity index (χ4v) is 2.56. The normalized spacial score (nSPS) is 21.3. The molecule has 0 saturated heterocycles. The van der Waals surface area contributed by atoms with Gasteiger partial charge in [0, 0.05) is 35.5 Å². The Morgan fingerprint density at radius 2 is 2.36 bits per heavy atom. The summed E-state index contributed by atoms with van der Waals surface area (Å²) in [7, 11) is 0. The standard InChI is InChI=1S/C15H21ClN4O2/c16-11-4-6-19-14(9-11)20-15(22)10-2-3-13(12(17)8-10)18-5-1-7-21/h4,6,8-9,12-13,18,21H,1-3,5,7,17H2,(H,19,20,22). The molecule has 22 heavy (non-hydrogen) atoms. The molecule has 1 aromatic rings. The van der Waals surface area contributed by atoms with Crippen molar-refractivity contribution in [2.45, 2.75) is 31.3 Å². The number of carbonyl (C=O) groups excluding carboxylic acids is 1. The molecule has 1 aliphatic carbocycles. The highest BCUT2D eigenvalue weighted by Gasteiger charge is 2.24. The van der Waals surface area contributed by atoms with E-state index in [0.29, 0.717) is 29.3 Å². The summed E-state index contributed by atoms with van der Waals surface area (Å²) in [5, 5.41) is 15.3.